The van der Waals surface area contributed by atoms with Gasteiger partial charge in [-0.2, -0.15) is 0 Å². The Hall–Kier alpha value is -1.84. The molecule has 0 radical (unpaired) electrons. The molecular weight excluding hydrogens is 311 g/mol. The van der Waals surface area contributed by atoms with Crippen LogP contribution in [0.25, 0.3) is 0 Å². The molecule has 2 rings (SSSR count). The van der Waals surface area contributed by atoms with Gasteiger partial charge >= 0.3 is 0 Å². The van der Waals surface area contributed by atoms with Gasteiger partial charge in [-0.25, -0.2) is 0 Å². The van der Waals surface area contributed by atoms with Gasteiger partial charge in [0.1, 0.15) is 12.0 Å². The Balaban J connectivity index is 2.17. The van der Waals surface area contributed by atoms with Crippen molar-refractivity contribution in [3.8, 4) is 5.75 Å². The number of Topliss-reactive ketones (excluding diaryl/α,β-unsaturated/α-hetero) is 1. The Labute approximate surface area is 132 Å². The zero-order valence-electron chi connectivity index (χ0n) is 11.2. The molecule has 0 aliphatic rings. The van der Waals surface area contributed by atoms with E-state index in [4.69, 9.17) is 27.9 Å². The van der Waals surface area contributed by atoms with E-state index in [1.807, 2.05) is 0 Å². The van der Waals surface area contributed by atoms with Crippen LogP contribution in [-0.4, -0.2) is 18.2 Å². The van der Waals surface area contributed by atoms with Gasteiger partial charge in [-0.1, -0.05) is 35.3 Å². The number of carbonyl (C=O) groups excluding carboxylic acids is 2. The fraction of sp³-hybridized carbons (Fsp3) is 0.125. The number of carbonyl (C=O) groups is 2. The third kappa shape index (κ3) is 3.84. The second-order valence-corrected chi connectivity index (χ2v) is 5.28. The molecule has 0 fully saturated rings. The van der Waals surface area contributed by atoms with Crippen molar-refractivity contribution in [2.45, 2.75) is 13.0 Å². The lowest BCUT2D eigenvalue weighted by Crippen LogP contribution is -2.24. The van der Waals surface area contributed by atoms with Crippen molar-refractivity contribution in [2.24, 2.45) is 0 Å². The highest BCUT2D eigenvalue weighted by molar-refractivity contribution is 6.37. The maximum atomic E-state index is 12.3. The molecular formula is C16H12Cl2O3. The first-order valence-electron chi connectivity index (χ1n) is 6.22. The van der Waals surface area contributed by atoms with Crippen molar-refractivity contribution >= 4 is 35.3 Å². The second-order valence-electron chi connectivity index (χ2n) is 4.44. The molecule has 21 heavy (non-hydrogen) atoms. The predicted molar refractivity (Wildman–Crippen MR) is 82.7 cm³/mol. The van der Waals surface area contributed by atoms with E-state index in [1.54, 1.807) is 43.3 Å². The van der Waals surface area contributed by atoms with Crippen LogP contribution in [0, 0.1) is 0 Å². The molecule has 0 aliphatic carbocycles. The number of rotatable bonds is 5. The van der Waals surface area contributed by atoms with Crippen LogP contribution in [0.3, 0.4) is 0 Å². The van der Waals surface area contributed by atoms with Crippen molar-refractivity contribution in [1.82, 2.24) is 0 Å². The van der Waals surface area contributed by atoms with Gasteiger partial charge in [0.2, 0.25) is 5.78 Å². The minimum atomic E-state index is -0.731. The minimum absolute atomic E-state index is 0.256. The highest BCUT2D eigenvalue weighted by atomic mass is 35.5. The normalized spacial score (nSPS) is 11.8. The molecule has 1 unspecified atom stereocenters. The minimum Gasteiger partial charge on any atom is -0.483 e. The smallest absolute Gasteiger partial charge is 0.204 e. The Kier molecular flexibility index (Phi) is 4.99. The molecule has 108 valence electrons. The topological polar surface area (TPSA) is 43.4 Å². The van der Waals surface area contributed by atoms with Gasteiger partial charge in [-0.05, 0) is 37.3 Å². The van der Waals surface area contributed by atoms with Crippen LogP contribution >= 0.6 is 23.2 Å². The number of benzene rings is 2. The third-order valence-electron chi connectivity index (χ3n) is 2.87. The monoisotopic (exact) mass is 322 g/mol. The molecule has 0 saturated heterocycles. The maximum Gasteiger partial charge on any atom is 0.204 e. The molecule has 5 heteroatoms. The quantitative estimate of drug-likeness (QED) is 0.603. The summed E-state index contributed by atoms with van der Waals surface area (Å²) in [6.45, 7) is 1.63. The van der Waals surface area contributed by atoms with Crippen molar-refractivity contribution in [1.29, 1.82) is 0 Å². The lowest BCUT2D eigenvalue weighted by Gasteiger charge is -2.14. The van der Waals surface area contributed by atoms with Gasteiger partial charge in [-0.15, -0.1) is 0 Å². The van der Waals surface area contributed by atoms with Crippen LogP contribution < -0.4 is 4.74 Å². The second kappa shape index (κ2) is 6.74. The van der Waals surface area contributed by atoms with E-state index in [9.17, 15) is 9.59 Å². The standard InChI is InChI=1S/C16H12Cl2O3/c1-10(21-13-4-2-3-11(7-13)9-19)16(20)14-6-5-12(17)8-15(14)18/h2-10H,1H3. The van der Waals surface area contributed by atoms with E-state index in [1.165, 1.54) is 6.07 Å². The Morgan fingerprint density at radius 1 is 1.19 bits per heavy atom. The first kappa shape index (κ1) is 15.5. The first-order chi connectivity index (χ1) is 10.0. The number of halogens is 2. The number of ether oxygens (including phenoxy) is 1. The fourth-order valence-corrected chi connectivity index (χ4v) is 2.33. The van der Waals surface area contributed by atoms with Crippen molar-refractivity contribution < 1.29 is 14.3 Å². The van der Waals surface area contributed by atoms with Crippen molar-refractivity contribution in [2.75, 3.05) is 0 Å². The highest BCUT2D eigenvalue weighted by Crippen LogP contribution is 2.23. The highest BCUT2D eigenvalue weighted by Gasteiger charge is 2.19. The summed E-state index contributed by atoms with van der Waals surface area (Å²) in [6, 6.07) is 11.3. The molecule has 0 heterocycles. The fourth-order valence-electron chi connectivity index (χ4n) is 1.83. The van der Waals surface area contributed by atoms with Crippen LogP contribution in [-0.2, 0) is 0 Å². The average molecular weight is 323 g/mol. The van der Waals surface area contributed by atoms with E-state index in [0.29, 0.717) is 21.9 Å². The van der Waals surface area contributed by atoms with Crippen LogP contribution in [0.1, 0.15) is 27.6 Å². The summed E-state index contributed by atoms with van der Waals surface area (Å²) < 4.78 is 5.56. The molecule has 0 aromatic heterocycles. The van der Waals surface area contributed by atoms with Crippen LogP contribution in [0.4, 0.5) is 0 Å². The zero-order chi connectivity index (χ0) is 15.4. The summed E-state index contributed by atoms with van der Waals surface area (Å²) in [4.78, 5) is 23.0. The molecule has 0 aliphatic heterocycles. The third-order valence-corrected chi connectivity index (χ3v) is 3.42. The maximum absolute atomic E-state index is 12.3. The van der Waals surface area contributed by atoms with E-state index in [2.05, 4.69) is 0 Å². The number of hydrogen-bond donors (Lipinski definition) is 0. The van der Waals surface area contributed by atoms with Crippen LogP contribution in [0.15, 0.2) is 42.5 Å². The summed E-state index contributed by atoms with van der Waals surface area (Å²) in [5.74, 6) is 0.193. The van der Waals surface area contributed by atoms with Gasteiger partial charge in [-0.3, -0.25) is 9.59 Å². The molecule has 0 spiro atoms. The molecule has 0 bridgehead atoms. The molecule has 0 saturated carbocycles. The molecule has 2 aromatic carbocycles. The van der Waals surface area contributed by atoms with E-state index < -0.39 is 6.10 Å². The lowest BCUT2D eigenvalue weighted by atomic mass is 10.1. The predicted octanol–water partition coefficient (Wildman–Crippen LogP) is 4.46. The van der Waals surface area contributed by atoms with Crippen molar-refractivity contribution in [3.63, 3.8) is 0 Å². The van der Waals surface area contributed by atoms with E-state index >= 15 is 0 Å². The SMILES string of the molecule is CC(Oc1cccc(C=O)c1)C(=O)c1ccc(Cl)cc1Cl. The van der Waals surface area contributed by atoms with Gasteiger partial charge in [0, 0.05) is 16.1 Å². The van der Waals surface area contributed by atoms with Gasteiger partial charge in [0.05, 0.1) is 5.02 Å². The number of hydrogen-bond acceptors (Lipinski definition) is 3. The molecule has 0 amide bonds. The van der Waals surface area contributed by atoms with E-state index in [0.717, 1.165) is 6.29 Å². The summed E-state index contributed by atoms with van der Waals surface area (Å²) in [5.41, 5.74) is 0.830. The van der Waals surface area contributed by atoms with Crippen LogP contribution in [0.2, 0.25) is 10.0 Å². The van der Waals surface area contributed by atoms with Gasteiger partial charge in [0.25, 0.3) is 0 Å². The van der Waals surface area contributed by atoms with E-state index in [-0.39, 0.29) is 10.8 Å². The van der Waals surface area contributed by atoms with Gasteiger partial charge in [0.15, 0.2) is 6.10 Å². The Morgan fingerprint density at radius 2 is 1.95 bits per heavy atom. The molecule has 1 atom stereocenters. The lowest BCUT2D eigenvalue weighted by molar-refractivity contribution is 0.0818. The largest absolute Gasteiger partial charge is 0.483 e. The summed E-state index contributed by atoms with van der Waals surface area (Å²) >= 11 is 11.8. The first-order valence-corrected chi connectivity index (χ1v) is 6.98. The summed E-state index contributed by atoms with van der Waals surface area (Å²) in [6.07, 6.45) is -0.0133. The Bertz CT molecular complexity index is 683. The van der Waals surface area contributed by atoms with Gasteiger partial charge < -0.3 is 4.74 Å². The van der Waals surface area contributed by atoms with Crippen molar-refractivity contribution in [3.05, 3.63) is 63.6 Å². The van der Waals surface area contributed by atoms with Crippen LogP contribution in [0.5, 0.6) is 5.75 Å². The summed E-state index contributed by atoms with van der Waals surface area (Å²) in [5, 5.41) is 0.744. The number of ketones is 1. The average Bonchev–Trinajstić information content (AvgIpc) is 2.46. The molecule has 0 N–H and O–H groups in total. The zero-order valence-corrected chi connectivity index (χ0v) is 12.7. The Morgan fingerprint density at radius 3 is 2.62 bits per heavy atom. The molecule has 2 aromatic rings. The number of aldehydes is 1. The molecule has 3 nitrogen and oxygen atoms in total. The summed E-state index contributed by atoms with van der Waals surface area (Å²) in [7, 11) is 0.